The van der Waals surface area contributed by atoms with Crippen LogP contribution in [0.4, 0.5) is 0 Å². The molecule has 0 aliphatic rings. The van der Waals surface area contributed by atoms with E-state index in [4.69, 9.17) is 9.25 Å². The molecule has 22 heavy (non-hydrogen) atoms. The van der Waals surface area contributed by atoms with Crippen molar-refractivity contribution in [2.45, 2.75) is 13.5 Å². The quantitative estimate of drug-likeness (QED) is 0.732. The highest BCUT2D eigenvalue weighted by Gasteiger charge is 2.17. The summed E-state index contributed by atoms with van der Waals surface area (Å²) < 4.78 is 5.46. The number of aromatic nitrogens is 2. The minimum Gasteiger partial charge on any atom is -0.463 e. The number of hydrogen-bond acceptors (Lipinski definition) is 6. The normalized spacial score (nSPS) is 10.6. The van der Waals surface area contributed by atoms with Crippen LogP contribution in [-0.2, 0) is 16.2 Å². The first-order valence-corrected chi connectivity index (χ1v) is 7.38. The molecule has 112 valence electrons. The average molecular weight is 315 g/mol. The smallest absolute Gasteiger partial charge is 0.240 e. The molecular weight excluding hydrogens is 302 g/mol. The van der Waals surface area contributed by atoms with E-state index >= 15 is 0 Å². The van der Waals surface area contributed by atoms with Crippen LogP contribution in [0.3, 0.4) is 0 Å². The second-order valence-corrected chi connectivity index (χ2v) is 5.53. The highest BCUT2D eigenvalue weighted by atomic mass is 32.1. The van der Waals surface area contributed by atoms with Gasteiger partial charge in [0.15, 0.2) is 5.76 Å². The third-order valence-corrected chi connectivity index (χ3v) is 3.86. The van der Waals surface area contributed by atoms with Gasteiger partial charge in [0.1, 0.15) is 17.3 Å². The molecule has 0 saturated carbocycles. The Morgan fingerprint density at radius 3 is 2.86 bits per heavy atom. The van der Waals surface area contributed by atoms with E-state index in [1.165, 1.54) is 18.3 Å². The molecule has 0 fully saturated rings. The Kier molecular flexibility index (Phi) is 4.27. The summed E-state index contributed by atoms with van der Waals surface area (Å²) >= 11 is 1.49. The van der Waals surface area contributed by atoms with Crippen molar-refractivity contribution in [3.63, 3.8) is 0 Å². The van der Waals surface area contributed by atoms with Crippen LogP contribution in [0.15, 0.2) is 47.3 Å². The zero-order valence-electron chi connectivity index (χ0n) is 11.8. The fraction of sp³-hybridized carbons (Fsp3) is 0.133. The van der Waals surface area contributed by atoms with Crippen molar-refractivity contribution >= 4 is 17.2 Å². The zero-order valence-corrected chi connectivity index (χ0v) is 12.6. The van der Waals surface area contributed by atoms with Crippen molar-refractivity contribution in [3.05, 3.63) is 47.9 Å². The van der Waals surface area contributed by atoms with E-state index in [0.717, 1.165) is 21.1 Å². The lowest BCUT2D eigenvalue weighted by Crippen LogP contribution is -2.19. The van der Waals surface area contributed by atoms with Crippen LogP contribution >= 0.6 is 11.3 Å². The van der Waals surface area contributed by atoms with Gasteiger partial charge < -0.3 is 4.42 Å². The highest BCUT2D eigenvalue weighted by Crippen LogP contribution is 2.36. The fourth-order valence-corrected chi connectivity index (χ4v) is 2.89. The second kappa shape index (κ2) is 6.50. The molecule has 3 rings (SSSR count). The van der Waals surface area contributed by atoms with Gasteiger partial charge in [-0.1, -0.05) is 0 Å². The maximum Gasteiger partial charge on any atom is 0.240 e. The number of carbonyl (C=O) groups is 1. The summed E-state index contributed by atoms with van der Waals surface area (Å²) in [5.41, 5.74) is 4.05. The molecule has 0 unspecified atom stereocenters. The number of nitrogens with zero attached hydrogens (tertiary/aromatic N) is 2. The van der Waals surface area contributed by atoms with E-state index in [1.54, 1.807) is 18.7 Å². The molecule has 0 radical (unpaired) electrons. The summed E-state index contributed by atoms with van der Waals surface area (Å²) in [7, 11) is 0. The predicted octanol–water partition coefficient (Wildman–Crippen LogP) is 3.03. The highest BCUT2D eigenvalue weighted by molar-refractivity contribution is 7.15. The molecule has 0 saturated heterocycles. The molecule has 7 heteroatoms. The maximum absolute atomic E-state index is 10.8. The average Bonchev–Trinajstić information content (AvgIpc) is 3.16. The molecule has 6 nitrogen and oxygen atoms in total. The monoisotopic (exact) mass is 315 g/mol. The summed E-state index contributed by atoms with van der Waals surface area (Å²) in [6, 6.07) is 7.51. The molecule has 3 heterocycles. The van der Waals surface area contributed by atoms with Gasteiger partial charge in [0.05, 0.1) is 11.1 Å². The Bertz CT molecular complexity index is 754. The molecular formula is C15H13N3O3S. The van der Waals surface area contributed by atoms with Crippen molar-refractivity contribution < 1.29 is 14.0 Å². The minimum absolute atomic E-state index is 0.197. The molecule has 0 spiro atoms. The third kappa shape index (κ3) is 3.21. The first kappa shape index (κ1) is 14.4. The van der Waals surface area contributed by atoms with Crippen molar-refractivity contribution in [2.75, 3.05) is 0 Å². The summed E-state index contributed by atoms with van der Waals surface area (Å²) in [6.45, 7) is 1.58. The van der Waals surface area contributed by atoms with Crippen LogP contribution in [-0.4, -0.2) is 15.9 Å². The maximum atomic E-state index is 10.8. The van der Waals surface area contributed by atoms with Gasteiger partial charge in [-0.2, -0.15) is 0 Å². The topological polar surface area (TPSA) is 77.2 Å². The van der Waals surface area contributed by atoms with Crippen LogP contribution in [0, 0.1) is 0 Å². The summed E-state index contributed by atoms with van der Waals surface area (Å²) in [6.07, 6.45) is 5.07. The van der Waals surface area contributed by atoms with Gasteiger partial charge in [0.2, 0.25) is 5.91 Å². The van der Waals surface area contributed by atoms with Gasteiger partial charge in [-0.05, 0) is 29.8 Å². The van der Waals surface area contributed by atoms with Crippen LogP contribution in [0.5, 0.6) is 0 Å². The molecule has 3 aromatic rings. The van der Waals surface area contributed by atoms with Gasteiger partial charge in [0.25, 0.3) is 0 Å². The zero-order chi connectivity index (χ0) is 15.4. The lowest BCUT2D eigenvalue weighted by Gasteiger charge is -1.99. The lowest BCUT2D eigenvalue weighted by atomic mass is 10.2. The Hall–Kier alpha value is -2.51. The third-order valence-electron chi connectivity index (χ3n) is 2.78. The molecule has 0 aromatic carbocycles. The van der Waals surface area contributed by atoms with Crippen molar-refractivity contribution in [2.24, 2.45) is 0 Å². The van der Waals surface area contributed by atoms with Gasteiger partial charge in [0, 0.05) is 19.3 Å². The van der Waals surface area contributed by atoms with Gasteiger partial charge in [-0.25, -0.2) is 10.5 Å². The molecule has 1 N–H and O–H groups in total. The van der Waals surface area contributed by atoms with E-state index in [2.05, 4.69) is 15.4 Å². The predicted molar refractivity (Wildman–Crippen MR) is 81.7 cm³/mol. The SMILES string of the molecule is CC(=O)NOCc1nc(-c2ccco2)c(-c2ccncc2)s1. The molecule has 0 bridgehead atoms. The molecule has 0 atom stereocenters. The van der Waals surface area contributed by atoms with E-state index in [-0.39, 0.29) is 12.5 Å². The Balaban J connectivity index is 1.93. The van der Waals surface area contributed by atoms with Gasteiger partial charge in [-0.15, -0.1) is 11.3 Å². The summed E-state index contributed by atoms with van der Waals surface area (Å²) in [5.74, 6) is 0.436. The number of furan rings is 1. The van der Waals surface area contributed by atoms with Crippen LogP contribution in [0.1, 0.15) is 11.9 Å². The number of hydrogen-bond donors (Lipinski definition) is 1. The van der Waals surface area contributed by atoms with Gasteiger partial charge >= 0.3 is 0 Å². The van der Waals surface area contributed by atoms with Crippen molar-refractivity contribution in [1.29, 1.82) is 0 Å². The molecule has 0 aliphatic heterocycles. The Morgan fingerprint density at radius 1 is 1.36 bits per heavy atom. The Labute approximate surface area is 130 Å². The number of carbonyl (C=O) groups excluding carboxylic acids is 1. The largest absolute Gasteiger partial charge is 0.463 e. The van der Waals surface area contributed by atoms with Crippen molar-refractivity contribution in [1.82, 2.24) is 15.4 Å². The number of amides is 1. The fourth-order valence-electron chi connectivity index (χ4n) is 1.90. The first-order valence-electron chi connectivity index (χ1n) is 6.56. The van der Waals surface area contributed by atoms with E-state index in [9.17, 15) is 4.79 Å². The number of pyridine rings is 1. The second-order valence-electron chi connectivity index (χ2n) is 4.45. The number of nitrogens with one attached hydrogen (secondary N) is 1. The van der Waals surface area contributed by atoms with Crippen molar-refractivity contribution in [3.8, 4) is 21.9 Å². The van der Waals surface area contributed by atoms with E-state index in [0.29, 0.717) is 5.76 Å². The molecule has 1 amide bonds. The van der Waals surface area contributed by atoms with Crippen LogP contribution in [0.2, 0.25) is 0 Å². The van der Waals surface area contributed by atoms with Crippen LogP contribution < -0.4 is 5.48 Å². The van der Waals surface area contributed by atoms with E-state index < -0.39 is 0 Å². The summed E-state index contributed by atoms with van der Waals surface area (Å²) in [4.78, 5) is 25.5. The number of rotatable bonds is 5. The number of hydroxylamine groups is 1. The van der Waals surface area contributed by atoms with E-state index in [1.807, 2.05) is 24.3 Å². The number of thiazole rings is 1. The van der Waals surface area contributed by atoms with Gasteiger partial charge in [-0.3, -0.25) is 14.6 Å². The molecule has 3 aromatic heterocycles. The first-order chi connectivity index (χ1) is 10.7. The molecule has 0 aliphatic carbocycles. The standard InChI is InChI=1S/C15H13N3O3S/c1-10(19)18-21-9-13-17-14(12-3-2-8-20-12)15(22-13)11-4-6-16-7-5-11/h2-8H,9H2,1H3,(H,18,19). The minimum atomic E-state index is -0.253. The lowest BCUT2D eigenvalue weighted by molar-refractivity contribution is -0.132. The Morgan fingerprint density at radius 2 is 2.18 bits per heavy atom. The van der Waals surface area contributed by atoms with Crippen LogP contribution in [0.25, 0.3) is 21.9 Å². The summed E-state index contributed by atoms with van der Waals surface area (Å²) in [5, 5.41) is 0.743.